The Hall–Kier alpha value is -1.77. The monoisotopic (exact) mass is 247 g/mol. The molecule has 0 aromatic heterocycles. The number of hydrogen-bond donors (Lipinski definition) is 2. The van der Waals surface area contributed by atoms with E-state index in [1.165, 1.54) is 19.3 Å². The summed E-state index contributed by atoms with van der Waals surface area (Å²) in [7, 11) is 0. The van der Waals surface area contributed by atoms with Gasteiger partial charge in [-0.1, -0.05) is 44.1 Å². The summed E-state index contributed by atoms with van der Waals surface area (Å²) in [5.74, 6) is -0.852. The van der Waals surface area contributed by atoms with E-state index in [1.807, 2.05) is 24.3 Å². The lowest BCUT2D eigenvalue weighted by atomic mass is 10.1. The first-order valence-corrected chi connectivity index (χ1v) is 6.44. The molecule has 0 fully saturated rings. The summed E-state index contributed by atoms with van der Waals surface area (Å²) in [5.41, 5.74) is 1.98. The Labute approximate surface area is 109 Å². The number of aliphatic carboxylic acids is 1. The fourth-order valence-electron chi connectivity index (χ4n) is 1.62. The quantitative estimate of drug-likeness (QED) is 0.687. The molecule has 0 aliphatic carbocycles. The first-order valence-electron chi connectivity index (χ1n) is 6.44. The lowest BCUT2D eigenvalue weighted by Gasteiger charge is -2.03. The average Bonchev–Trinajstić information content (AvgIpc) is 2.37. The van der Waals surface area contributed by atoms with E-state index in [0.717, 1.165) is 17.7 Å². The van der Waals surface area contributed by atoms with E-state index in [1.54, 1.807) is 0 Å². The first kappa shape index (κ1) is 14.3. The van der Waals surface area contributed by atoms with E-state index in [2.05, 4.69) is 24.4 Å². The SMILES string of the molecule is CCCCCC=Cc1ccc(NCC(=O)O)cc1. The first-order chi connectivity index (χ1) is 8.72. The van der Waals surface area contributed by atoms with Crippen molar-refractivity contribution in [2.75, 3.05) is 11.9 Å². The zero-order valence-electron chi connectivity index (χ0n) is 10.9. The van der Waals surface area contributed by atoms with Crippen LogP contribution < -0.4 is 5.32 Å². The van der Waals surface area contributed by atoms with Crippen LogP contribution in [0.25, 0.3) is 6.08 Å². The molecule has 2 N–H and O–H groups in total. The van der Waals surface area contributed by atoms with E-state index < -0.39 is 5.97 Å². The van der Waals surface area contributed by atoms with Crippen LogP contribution in [0.3, 0.4) is 0 Å². The highest BCUT2D eigenvalue weighted by Gasteiger charge is 1.96. The van der Waals surface area contributed by atoms with Gasteiger partial charge in [0.05, 0.1) is 0 Å². The van der Waals surface area contributed by atoms with Crippen LogP contribution in [-0.2, 0) is 4.79 Å². The number of carboxylic acids is 1. The normalized spacial score (nSPS) is 10.7. The van der Waals surface area contributed by atoms with Crippen molar-refractivity contribution in [1.29, 1.82) is 0 Å². The third kappa shape index (κ3) is 6.09. The molecule has 0 aliphatic rings. The Bertz CT molecular complexity index is 382. The summed E-state index contributed by atoms with van der Waals surface area (Å²) in [5, 5.41) is 11.4. The highest BCUT2D eigenvalue weighted by molar-refractivity contribution is 5.72. The van der Waals surface area contributed by atoms with Crippen molar-refractivity contribution in [3.8, 4) is 0 Å². The summed E-state index contributed by atoms with van der Waals surface area (Å²) in [6.45, 7) is 2.15. The molecule has 1 aromatic rings. The van der Waals surface area contributed by atoms with Crippen LogP contribution in [0, 0.1) is 0 Å². The van der Waals surface area contributed by atoms with Gasteiger partial charge in [0, 0.05) is 5.69 Å². The highest BCUT2D eigenvalue weighted by Crippen LogP contribution is 2.11. The molecule has 1 rings (SSSR count). The van der Waals surface area contributed by atoms with Gasteiger partial charge in [-0.05, 0) is 30.5 Å². The van der Waals surface area contributed by atoms with Crippen LogP contribution in [-0.4, -0.2) is 17.6 Å². The highest BCUT2D eigenvalue weighted by atomic mass is 16.4. The van der Waals surface area contributed by atoms with Gasteiger partial charge in [0.2, 0.25) is 0 Å². The van der Waals surface area contributed by atoms with Gasteiger partial charge in [0.15, 0.2) is 0 Å². The van der Waals surface area contributed by atoms with Gasteiger partial charge < -0.3 is 10.4 Å². The number of allylic oxidation sites excluding steroid dienone is 1. The average molecular weight is 247 g/mol. The standard InChI is InChI=1S/C15H21NO2/c1-2-3-4-5-6-7-13-8-10-14(11-9-13)16-12-15(17)18/h6-11,16H,2-5,12H2,1H3,(H,17,18). The minimum absolute atomic E-state index is 0.0494. The number of rotatable bonds is 8. The molecule has 0 radical (unpaired) electrons. The Kier molecular flexibility index (Phi) is 6.62. The van der Waals surface area contributed by atoms with E-state index in [4.69, 9.17) is 5.11 Å². The van der Waals surface area contributed by atoms with Crippen molar-refractivity contribution >= 4 is 17.7 Å². The maximum atomic E-state index is 10.4. The van der Waals surface area contributed by atoms with Gasteiger partial charge in [0.1, 0.15) is 6.54 Å². The van der Waals surface area contributed by atoms with Crippen LogP contribution in [0.2, 0.25) is 0 Å². The van der Waals surface area contributed by atoms with Crippen molar-refractivity contribution in [3.05, 3.63) is 35.9 Å². The minimum atomic E-state index is -0.852. The molecule has 0 heterocycles. The molecule has 98 valence electrons. The topological polar surface area (TPSA) is 49.3 Å². The summed E-state index contributed by atoms with van der Waals surface area (Å²) >= 11 is 0. The van der Waals surface area contributed by atoms with Gasteiger partial charge in [-0.3, -0.25) is 4.79 Å². The summed E-state index contributed by atoms with van der Waals surface area (Å²) in [6, 6.07) is 7.77. The number of anilines is 1. The molecule has 18 heavy (non-hydrogen) atoms. The lowest BCUT2D eigenvalue weighted by molar-refractivity contribution is -0.134. The van der Waals surface area contributed by atoms with Gasteiger partial charge in [-0.15, -0.1) is 0 Å². The molecule has 0 bridgehead atoms. The van der Waals surface area contributed by atoms with Crippen LogP contribution in [0.4, 0.5) is 5.69 Å². The van der Waals surface area contributed by atoms with Gasteiger partial charge in [-0.2, -0.15) is 0 Å². The van der Waals surface area contributed by atoms with E-state index in [9.17, 15) is 4.79 Å². The van der Waals surface area contributed by atoms with Gasteiger partial charge >= 0.3 is 5.97 Å². The molecule has 3 nitrogen and oxygen atoms in total. The molecule has 0 atom stereocenters. The van der Waals surface area contributed by atoms with Crippen molar-refractivity contribution in [2.45, 2.75) is 32.6 Å². The van der Waals surface area contributed by atoms with Crippen molar-refractivity contribution in [2.24, 2.45) is 0 Å². The lowest BCUT2D eigenvalue weighted by Crippen LogP contribution is -2.11. The molecule has 1 aromatic carbocycles. The maximum absolute atomic E-state index is 10.4. The smallest absolute Gasteiger partial charge is 0.322 e. The third-order valence-corrected chi connectivity index (χ3v) is 2.64. The Morgan fingerprint density at radius 1 is 1.28 bits per heavy atom. The van der Waals surface area contributed by atoms with Crippen LogP contribution >= 0.6 is 0 Å². The van der Waals surface area contributed by atoms with E-state index >= 15 is 0 Å². The predicted molar refractivity (Wildman–Crippen MR) is 75.7 cm³/mol. The van der Waals surface area contributed by atoms with Crippen LogP contribution in [0.15, 0.2) is 30.3 Å². The molecule has 0 unspecified atom stereocenters. The summed E-state index contributed by atoms with van der Waals surface area (Å²) in [6.07, 6.45) is 9.18. The molecule has 0 aliphatic heterocycles. The zero-order chi connectivity index (χ0) is 13.2. The fourth-order valence-corrected chi connectivity index (χ4v) is 1.62. The maximum Gasteiger partial charge on any atom is 0.322 e. The molecule has 0 amide bonds. The number of nitrogens with one attached hydrogen (secondary N) is 1. The molecule has 0 saturated heterocycles. The minimum Gasteiger partial charge on any atom is -0.480 e. The van der Waals surface area contributed by atoms with Crippen molar-refractivity contribution in [1.82, 2.24) is 0 Å². The largest absolute Gasteiger partial charge is 0.480 e. The predicted octanol–water partition coefficient (Wildman–Crippen LogP) is 3.78. The van der Waals surface area contributed by atoms with E-state index in [-0.39, 0.29) is 6.54 Å². The molecule has 3 heteroatoms. The second kappa shape index (κ2) is 8.34. The molecule has 0 spiro atoms. The Morgan fingerprint density at radius 2 is 2.00 bits per heavy atom. The molecular weight excluding hydrogens is 226 g/mol. The third-order valence-electron chi connectivity index (χ3n) is 2.64. The second-order valence-corrected chi connectivity index (χ2v) is 4.27. The number of carbonyl (C=O) groups is 1. The number of unbranched alkanes of at least 4 members (excludes halogenated alkanes) is 3. The number of carboxylic acid groups (broad SMARTS) is 1. The van der Waals surface area contributed by atoms with Crippen LogP contribution in [0.5, 0.6) is 0 Å². The number of hydrogen-bond acceptors (Lipinski definition) is 2. The van der Waals surface area contributed by atoms with Crippen molar-refractivity contribution in [3.63, 3.8) is 0 Å². The molecule has 0 saturated carbocycles. The zero-order valence-corrected chi connectivity index (χ0v) is 10.9. The second-order valence-electron chi connectivity index (χ2n) is 4.27. The van der Waals surface area contributed by atoms with Gasteiger partial charge in [0.25, 0.3) is 0 Å². The summed E-state index contributed by atoms with van der Waals surface area (Å²) < 4.78 is 0. The number of benzene rings is 1. The van der Waals surface area contributed by atoms with Crippen LogP contribution in [0.1, 0.15) is 38.2 Å². The Balaban J connectivity index is 2.37. The van der Waals surface area contributed by atoms with E-state index in [0.29, 0.717) is 0 Å². The van der Waals surface area contributed by atoms with Gasteiger partial charge in [-0.25, -0.2) is 0 Å². The van der Waals surface area contributed by atoms with Crippen molar-refractivity contribution < 1.29 is 9.90 Å². The summed E-state index contributed by atoms with van der Waals surface area (Å²) in [4.78, 5) is 10.4. The fraction of sp³-hybridized carbons (Fsp3) is 0.400. The Morgan fingerprint density at radius 3 is 2.61 bits per heavy atom. The molecular formula is C15H21NO2.